The molecule has 0 radical (unpaired) electrons. The summed E-state index contributed by atoms with van der Waals surface area (Å²) in [4.78, 5) is 27.2. The van der Waals surface area contributed by atoms with Gasteiger partial charge in [-0.05, 0) is 49.4 Å². The predicted octanol–water partition coefficient (Wildman–Crippen LogP) is 1.97. The number of benzene rings is 2. The van der Waals surface area contributed by atoms with Gasteiger partial charge in [-0.15, -0.1) is 0 Å². The number of carbonyl (C=O) groups is 2. The molecule has 2 aliphatic rings. The molecular formula is C22H25N3O4S. The summed E-state index contributed by atoms with van der Waals surface area (Å²) in [6.07, 6.45) is 2.64. The molecular weight excluding hydrogens is 402 g/mol. The van der Waals surface area contributed by atoms with Gasteiger partial charge >= 0.3 is 0 Å². The van der Waals surface area contributed by atoms with E-state index in [2.05, 4.69) is 10.0 Å². The van der Waals surface area contributed by atoms with Crippen molar-refractivity contribution in [3.05, 3.63) is 65.2 Å². The highest BCUT2D eigenvalue weighted by Crippen LogP contribution is 2.30. The Morgan fingerprint density at radius 3 is 2.53 bits per heavy atom. The smallest absolute Gasteiger partial charge is 0.252 e. The van der Waals surface area contributed by atoms with Crippen molar-refractivity contribution in [2.75, 3.05) is 6.54 Å². The van der Waals surface area contributed by atoms with Gasteiger partial charge in [0.25, 0.3) is 5.91 Å². The summed E-state index contributed by atoms with van der Waals surface area (Å²) < 4.78 is 28.0. The average Bonchev–Trinajstić information content (AvgIpc) is 3.51. The van der Waals surface area contributed by atoms with Crippen molar-refractivity contribution >= 4 is 21.8 Å². The molecule has 1 saturated carbocycles. The minimum absolute atomic E-state index is 0.0199. The van der Waals surface area contributed by atoms with Crippen LogP contribution in [0.2, 0.25) is 0 Å². The fourth-order valence-corrected chi connectivity index (χ4v) is 4.73. The van der Waals surface area contributed by atoms with Crippen molar-refractivity contribution in [3.63, 3.8) is 0 Å². The van der Waals surface area contributed by atoms with Crippen molar-refractivity contribution in [3.8, 4) is 0 Å². The Bertz CT molecular complexity index is 1070. The highest BCUT2D eigenvalue weighted by Gasteiger charge is 2.41. The van der Waals surface area contributed by atoms with Gasteiger partial charge in [0.15, 0.2) is 0 Å². The zero-order valence-corrected chi connectivity index (χ0v) is 17.6. The Balaban J connectivity index is 1.47. The summed E-state index contributed by atoms with van der Waals surface area (Å²) in [5.74, 6) is -0.472. The van der Waals surface area contributed by atoms with E-state index in [4.69, 9.17) is 0 Å². The number of nitrogens with zero attached hydrogens (tertiary/aromatic N) is 1. The van der Waals surface area contributed by atoms with Crippen LogP contribution in [0.1, 0.15) is 40.7 Å². The molecule has 1 aliphatic heterocycles. The molecule has 0 bridgehead atoms. The second kappa shape index (κ2) is 8.20. The topological polar surface area (TPSA) is 95.6 Å². The second-order valence-corrected chi connectivity index (χ2v) is 9.63. The molecule has 8 heteroatoms. The Morgan fingerprint density at radius 2 is 1.83 bits per heavy atom. The number of nitrogens with one attached hydrogen (secondary N) is 2. The standard InChI is InChI=1S/C22H25N3O4S/c1-15-7-10-18(30(28,29)23-14-16-5-3-2-4-6-16)13-19(15)21(26)24-20-11-12-25(22(20)27)17-8-9-17/h2-7,10,13,17,20,23H,8-9,11-12,14H2,1H3,(H,24,26)/t20-/m0/s1. The number of carbonyl (C=O) groups excluding carboxylic acids is 2. The van der Waals surface area contributed by atoms with E-state index >= 15 is 0 Å². The third-order valence-corrected chi connectivity index (χ3v) is 7.00. The molecule has 7 nitrogen and oxygen atoms in total. The SMILES string of the molecule is Cc1ccc(S(=O)(=O)NCc2ccccc2)cc1C(=O)N[C@H]1CCN(C2CC2)C1=O. The average molecular weight is 428 g/mol. The van der Waals surface area contributed by atoms with E-state index in [0.717, 1.165) is 18.4 Å². The Kier molecular flexibility index (Phi) is 5.62. The summed E-state index contributed by atoms with van der Waals surface area (Å²) in [7, 11) is -3.79. The number of sulfonamides is 1. The van der Waals surface area contributed by atoms with Crippen molar-refractivity contribution in [1.82, 2.24) is 14.9 Å². The van der Waals surface area contributed by atoms with Crippen molar-refractivity contribution in [1.29, 1.82) is 0 Å². The highest BCUT2D eigenvalue weighted by atomic mass is 32.2. The van der Waals surface area contributed by atoms with Gasteiger partial charge in [0.2, 0.25) is 15.9 Å². The van der Waals surface area contributed by atoms with Gasteiger partial charge in [-0.3, -0.25) is 9.59 Å². The summed E-state index contributed by atoms with van der Waals surface area (Å²) in [6.45, 7) is 2.56. The maximum Gasteiger partial charge on any atom is 0.252 e. The highest BCUT2D eigenvalue weighted by molar-refractivity contribution is 7.89. The van der Waals surface area contributed by atoms with E-state index in [-0.39, 0.29) is 22.9 Å². The Hall–Kier alpha value is -2.71. The number of amides is 2. The van der Waals surface area contributed by atoms with Crippen LogP contribution in [0.4, 0.5) is 0 Å². The molecule has 2 aromatic carbocycles. The molecule has 4 rings (SSSR count). The molecule has 1 saturated heterocycles. The number of rotatable bonds is 7. The molecule has 2 fully saturated rings. The molecule has 1 atom stereocenters. The zero-order valence-electron chi connectivity index (χ0n) is 16.8. The van der Waals surface area contributed by atoms with Gasteiger partial charge in [-0.25, -0.2) is 13.1 Å². The van der Waals surface area contributed by atoms with Crippen molar-refractivity contribution in [2.45, 2.75) is 49.7 Å². The first kappa shape index (κ1) is 20.6. The van der Waals surface area contributed by atoms with Crippen LogP contribution in [-0.4, -0.2) is 43.8 Å². The second-order valence-electron chi connectivity index (χ2n) is 7.86. The zero-order chi connectivity index (χ0) is 21.3. The van der Waals surface area contributed by atoms with Crippen LogP contribution >= 0.6 is 0 Å². The first-order valence-corrected chi connectivity index (χ1v) is 11.6. The minimum atomic E-state index is -3.79. The lowest BCUT2D eigenvalue weighted by Gasteiger charge is -2.17. The largest absolute Gasteiger partial charge is 0.340 e. The first-order chi connectivity index (χ1) is 14.3. The van der Waals surface area contributed by atoms with E-state index in [0.29, 0.717) is 24.6 Å². The summed E-state index contributed by atoms with van der Waals surface area (Å²) >= 11 is 0. The lowest BCUT2D eigenvalue weighted by atomic mass is 10.1. The lowest BCUT2D eigenvalue weighted by molar-refractivity contribution is -0.129. The fourth-order valence-electron chi connectivity index (χ4n) is 3.69. The van der Waals surface area contributed by atoms with Gasteiger partial charge in [0.05, 0.1) is 4.90 Å². The molecule has 0 aromatic heterocycles. The van der Waals surface area contributed by atoms with Crippen molar-refractivity contribution < 1.29 is 18.0 Å². The maximum atomic E-state index is 12.8. The van der Waals surface area contributed by atoms with E-state index in [1.54, 1.807) is 13.0 Å². The molecule has 1 aliphatic carbocycles. The Morgan fingerprint density at radius 1 is 1.10 bits per heavy atom. The van der Waals surface area contributed by atoms with Gasteiger partial charge in [-0.1, -0.05) is 36.4 Å². The van der Waals surface area contributed by atoms with E-state index < -0.39 is 22.0 Å². The van der Waals surface area contributed by atoms with Gasteiger partial charge in [0.1, 0.15) is 6.04 Å². The van der Waals surface area contributed by atoms with Crippen LogP contribution in [-0.2, 0) is 21.4 Å². The molecule has 0 unspecified atom stereocenters. The number of likely N-dealkylation sites (tertiary alicyclic amines) is 1. The van der Waals surface area contributed by atoms with E-state index in [1.165, 1.54) is 12.1 Å². The summed E-state index contributed by atoms with van der Waals surface area (Å²) in [5, 5.41) is 2.79. The third kappa shape index (κ3) is 4.39. The summed E-state index contributed by atoms with van der Waals surface area (Å²) in [6, 6.07) is 13.4. The third-order valence-electron chi connectivity index (χ3n) is 5.61. The van der Waals surface area contributed by atoms with Crippen LogP contribution in [0.5, 0.6) is 0 Å². The number of hydrogen-bond donors (Lipinski definition) is 2. The van der Waals surface area contributed by atoms with Crippen LogP contribution in [0.15, 0.2) is 53.4 Å². The van der Waals surface area contributed by atoms with E-state index in [9.17, 15) is 18.0 Å². The van der Waals surface area contributed by atoms with Gasteiger partial charge < -0.3 is 10.2 Å². The molecule has 2 aromatic rings. The Labute approximate surface area is 176 Å². The van der Waals surface area contributed by atoms with Gasteiger partial charge in [-0.2, -0.15) is 0 Å². The maximum absolute atomic E-state index is 12.8. The quantitative estimate of drug-likeness (QED) is 0.706. The number of hydrogen-bond acceptors (Lipinski definition) is 4. The predicted molar refractivity (Wildman–Crippen MR) is 112 cm³/mol. The number of aryl methyl sites for hydroxylation is 1. The van der Waals surface area contributed by atoms with E-state index in [1.807, 2.05) is 35.2 Å². The van der Waals surface area contributed by atoms with Crippen molar-refractivity contribution in [2.24, 2.45) is 0 Å². The molecule has 2 N–H and O–H groups in total. The molecule has 2 amide bonds. The van der Waals surface area contributed by atoms with Crippen LogP contribution < -0.4 is 10.0 Å². The van der Waals surface area contributed by atoms with Crippen LogP contribution in [0, 0.1) is 6.92 Å². The lowest BCUT2D eigenvalue weighted by Crippen LogP contribution is -2.42. The molecule has 158 valence electrons. The first-order valence-electron chi connectivity index (χ1n) is 10.1. The van der Waals surface area contributed by atoms with Crippen LogP contribution in [0.3, 0.4) is 0 Å². The fraction of sp³-hybridized carbons (Fsp3) is 0.364. The molecule has 0 spiro atoms. The summed E-state index contributed by atoms with van der Waals surface area (Å²) in [5.41, 5.74) is 1.75. The van der Waals surface area contributed by atoms with Crippen LogP contribution in [0.25, 0.3) is 0 Å². The minimum Gasteiger partial charge on any atom is -0.340 e. The van der Waals surface area contributed by atoms with Gasteiger partial charge in [0, 0.05) is 24.7 Å². The molecule has 1 heterocycles. The monoisotopic (exact) mass is 427 g/mol. The normalized spacial score (nSPS) is 19.2. The molecule has 30 heavy (non-hydrogen) atoms.